The summed E-state index contributed by atoms with van der Waals surface area (Å²) in [5.74, 6) is 1.83. The Bertz CT molecular complexity index is 504. The lowest BCUT2D eigenvalue weighted by atomic mass is 10.2. The summed E-state index contributed by atoms with van der Waals surface area (Å²) < 4.78 is 0. The first kappa shape index (κ1) is 11.0. The molecule has 0 bridgehead atoms. The summed E-state index contributed by atoms with van der Waals surface area (Å²) in [5.41, 5.74) is 7.13. The van der Waals surface area contributed by atoms with Gasteiger partial charge in [-0.05, 0) is 18.2 Å². The van der Waals surface area contributed by atoms with E-state index in [-0.39, 0.29) is 0 Å². The fourth-order valence-corrected chi connectivity index (χ4v) is 1.46. The molecule has 0 aliphatic rings. The lowest BCUT2D eigenvalue weighted by molar-refractivity contribution is 0.781. The van der Waals surface area contributed by atoms with Crippen molar-refractivity contribution in [1.82, 2.24) is 15.2 Å². The number of aromatic amines is 1. The maximum atomic E-state index is 5.85. The van der Waals surface area contributed by atoms with E-state index in [1.165, 1.54) is 0 Å². The number of anilines is 1. The van der Waals surface area contributed by atoms with Gasteiger partial charge in [-0.25, -0.2) is 4.98 Å². The normalized spacial score (nSPS) is 11.0. The topological polar surface area (TPSA) is 67.6 Å². The lowest BCUT2D eigenvalue weighted by Gasteiger charge is -2.00. The summed E-state index contributed by atoms with van der Waals surface area (Å²) in [5, 5.41) is 7.59. The second-order valence-corrected chi connectivity index (χ2v) is 4.34. The van der Waals surface area contributed by atoms with Crippen LogP contribution in [0.25, 0.3) is 11.4 Å². The third-order valence-corrected chi connectivity index (χ3v) is 2.65. The molecule has 3 N–H and O–H groups in total. The number of halogens is 1. The molecular formula is C11H13ClN4. The summed E-state index contributed by atoms with van der Waals surface area (Å²) in [6.07, 6.45) is 0. The predicted octanol–water partition coefficient (Wildman–Crippen LogP) is 2.83. The molecule has 0 aliphatic carbocycles. The second kappa shape index (κ2) is 4.14. The van der Waals surface area contributed by atoms with Gasteiger partial charge in [-0.15, -0.1) is 0 Å². The predicted molar refractivity (Wildman–Crippen MR) is 65.3 cm³/mol. The van der Waals surface area contributed by atoms with Crippen molar-refractivity contribution in [1.29, 1.82) is 0 Å². The molecule has 1 aromatic heterocycles. The van der Waals surface area contributed by atoms with Crippen molar-refractivity contribution < 1.29 is 0 Å². The second-order valence-electron chi connectivity index (χ2n) is 3.94. The number of nitrogen functional groups attached to an aromatic ring is 1. The van der Waals surface area contributed by atoms with E-state index in [1.807, 2.05) is 6.07 Å². The van der Waals surface area contributed by atoms with E-state index in [2.05, 4.69) is 29.0 Å². The molecule has 1 heterocycles. The number of hydrogen-bond acceptors (Lipinski definition) is 3. The van der Waals surface area contributed by atoms with Crippen molar-refractivity contribution in [2.45, 2.75) is 19.8 Å². The summed E-state index contributed by atoms with van der Waals surface area (Å²) in [6.45, 7) is 4.11. The van der Waals surface area contributed by atoms with Crippen LogP contribution >= 0.6 is 11.6 Å². The fraction of sp³-hybridized carbons (Fsp3) is 0.273. The number of aromatic nitrogens is 3. The van der Waals surface area contributed by atoms with E-state index < -0.39 is 0 Å². The molecule has 0 atom stereocenters. The molecule has 0 unspecified atom stereocenters. The maximum absolute atomic E-state index is 5.85. The van der Waals surface area contributed by atoms with Crippen LogP contribution in [0.15, 0.2) is 18.2 Å². The Labute approximate surface area is 98.8 Å². The van der Waals surface area contributed by atoms with Gasteiger partial charge in [-0.1, -0.05) is 25.4 Å². The molecule has 0 saturated heterocycles. The molecule has 0 saturated carbocycles. The standard InChI is InChI=1S/C11H13ClN4/c1-6(2)10-14-11(16-15-10)7-3-4-8(12)9(13)5-7/h3-6H,13H2,1-2H3,(H,14,15,16). The van der Waals surface area contributed by atoms with Gasteiger partial charge in [0.1, 0.15) is 5.82 Å². The van der Waals surface area contributed by atoms with E-state index in [0.717, 1.165) is 11.4 Å². The Kier molecular flexibility index (Phi) is 2.83. The van der Waals surface area contributed by atoms with Crippen LogP contribution in [0.5, 0.6) is 0 Å². The Balaban J connectivity index is 2.39. The molecule has 0 amide bonds. The fourth-order valence-electron chi connectivity index (χ4n) is 1.34. The van der Waals surface area contributed by atoms with Crippen LogP contribution in [0.1, 0.15) is 25.6 Å². The number of rotatable bonds is 2. The van der Waals surface area contributed by atoms with Crippen molar-refractivity contribution in [2.75, 3.05) is 5.73 Å². The highest BCUT2D eigenvalue weighted by Crippen LogP contribution is 2.25. The summed E-state index contributed by atoms with van der Waals surface area (Å²) in [6, 6.07) is 5.37. The van der Waals surface area contributed by atoms with Crippen molar-refractivity contribution in [3.05, 3.63) is 29.0 Å². The van der Waals surface area contributed by atoms with Gasteiger partial charge in [-0.2, -0.15) is 5.10 Å². The molecular weight excluding hydrogens is 224 g/mol. The van der Waals surface area contributed by atoms with Gasteiger partial charge in [0.05, 0.1) is 10.7 Å². The quantitative estimate of drug-likeness (QED) is 0.788. The molecule has 0 fully saturated rings. The highest BCUT2D eigenvalue weighted by molar-refractivity contribution is 6.33. The van der Waals surface area contributed by atoms with Gasteiger partial charge in [0.15, 0.2) is 5.82 Å². The molecule has 4 nitrogen and oxygen atoms in total. The number of nitrogens with zero attached hydrogens (tertiary/aromatic N) is 2. The Morgan fingerprint density at radius 1 is 1.38 bits per heavy atom. The largest absolute Gasteiger partial charge is 0.398 e. The third kappa shape index (κ3) is 2.02. The Morgan fingerprint density at radius 2 is 2.12 bits per heavy atom. The number of nitrogens with two attached hydrogens (primary N) is 1. The van der Waals surface area contributed by atoms with Crippen LogP contribution in [0, 0.1) is 0 Å². The Morgan fingerprint density at radius 3 is 2.69 bits per heavy atom. The van der Waals surface area contributed by atoms with Crippen LogP contribution in [-0.4, -0.2) is 15.2 Å². The molecule has 0 spiro atoms. The maximum Gasteiger partial charge on any atom is 0.181 e. The molecule has 0 radical (unpaired) electrons. The highest BCUT2D eigenvalue weighted by atomic mass is 35.5. The first-order valence-corrected chi connectivity index (χ1v) is 5.43. The zero-order valence-corrected chi connectivity index (χ0v) is 9.92. The van der Waals surface area contributed by atoms with Crippen LogP contribution in [-0.2, 0) is 0 Å². The molecule has 2 aromatic rings. The summed E-state index contributed by atoms with van der Waals surface area (Å²) in [4.78, 5) is 4.39. The number of H-pyrrole nitrogens is 1. The van der Waals surface area contributed by atoms with Gasteiger partial charge in [-0.3, -0.25) is 5.10 Å². The van der Waals surface area contributed by atoms with Crippen LogP contribution in [0.2, 0.25) is 5.02 Å². The SMILES string of the molecule is CC(C)c1nc(-c2ccc(Cl)c(N)c2)n[nH]1. The summed E-state index contributed by atoms with van der Waals surface area (Å²) >= 11 is 5.85. The number of hydrogen-bond donors (Lipinski definition) is 2. The average molecular weight is 237 g/mol. The minimum absolute atomic E-state index is 0.325. The number of nitrogens with one attached hydrogen (secondary N) is 1. The number of benzene rings is 1. The van der Waals surface area contributed by atoms with E-state index in [4.69, 9.17) is 17.3 Å². The average Bonchev–Trinajstić information content (AvgIpc) is 2.71. The first-order valence-electron chi connectivity index (χ1n) is 5.05. The van der Waals surface area contributed by atoms with Crippen LogP contribution < -0.4 is 5.73 Å². The molecule has 2 rings (SSSR count). The van der Waals surface area contributed by atoms with Crippen molar-refractivity contribution in [3.8, 4) is 11.4 Å². The van der Waals surface area contributed by atoms with Gasteiger partial charge < -0.3 is 5.73 Å². The van der Waals surface area contributed by atoms with E-state index in [9.17, 15) is 0 Å². The van der Waals surface area contributed by atoms with Crippen molar-refractivity contribution >= 4 is 17.3 Å². The van der Waals surface area contributed by atoms with E-state index in [1.54, 1.807) is 12.1 Å². The van der Waals surface area contributed by atoms with Crippen molar-refractivity contribution in [2.24, 2.45) is 0 Å². The van der Waals surface area contributed by atoms with E-state index in [0.29, 0.717) is 22.5 Å². The minimum atomic E-state index is 0.325. The lowest BCUT2D eigenvalue weighted by Crippen LogP contribution is -1.90. The van der Waals surface area contributed by atoms with Gasteiger partial charge in [0.25, 0.3) is 0 Å². The first-order chi connectivity index (χ1) is 7.58. The molecule has 1 aromatic carbocycles. The highest BCUT2D eigenvalue weighted by Gasteiger charge is 2.09. The smallest absolute Gasteiger partial charge is 0.181 e. The molecule has 5 heteroatoms. The van der Waals surface area contributed by atoms with Gasteiger partial charge >= 0.3 is 0 Å². The van der Waals surface area contributed by atoms with Crippen LogP contribution in [0.3, 0.4) is 0 Å². The third-order valence-electron chi connectivity index (χ3n) is 2.30. The van der Waals surface area contributed by atoms with Crippen LogP contribution in [0.4, 0.5) is 5.69 Å². The zero-order valence-electron chi connectivity index (χ0n) is 9.16. The monoisotopic (exact) mass is 236 g/mol. The molecule has 84 valence electrons. The zero-order chi connectivity index (χ0) is 11.7. The van der Waals surface area contributed by atoms with E-state index >= 15 is 0 Å². The minimum Gasteiger partial charge on any atom is -0.398 e. The Hall–Kier alpha value is -1.55. The van der Waals surface area contributed by atoms with Crippen molar-refractivity contribution in [3.63, 3.8) is 0 Å². The van der Waals surface area contributed by atoms with Gasteiger partial charge in [0, 0.05) is 11.5 Å². The summed E-state index contributed by atoms with van der Waals surface area (Å²) in [7, 11) is 0. The molecule has 16 heavy (non-hydrogen) atoms. The molecule has 0 aliphatic heterocycles. The van der Waals surface area contributed by atoms with Gasteiger partial charge in [0.2, 0.25) is 0 Å².